The normalized spacial score (nSPS) is 10.8. The largest absolute Gasteiger partial charge is 0.496 e. The van der Waals surface area contributed by atoms with Crippen LogP contribution in [-0.2, 0) is 13.0 Å². The molecule has 1 heterocycles. The van der Waals surface area contributed by atoms with Crippen LogP contribution >= 0.6 is 24.0 Å². The number of nitrogens with one attached hydrogen (secondary N) is 1. The molecule has 0 radical (unpaired) electrons. The van der Waals surface area contributed by atoms with Gasteiger partial charge in [-0.05, 0) is 36.2 Å². The van der Waals surface area contributed by atoms with Gasteiger partial charge in [-0.3, -0.25) is 4.98 Å². The molecule has 0 fully saturated rings. The van der Waals surface area contributed by atoms with E-state index in [0.717, 1.165) is 29.0 Å². The highest BCUT2D eigenvalue weighted by atomic mass is 127. The average Bonchev–Trinajstić information content (AvgIpc) is 2.54. The van der Waals surface area contributed by atoms with E-state index in [1.165, 1.54) is 0 Å². The van der Waals surface area contributed by atoms with Crippen molar-refractivity contribution in [1.82, 2.24) is 10.3 Å². The molecule has 0 aliphatic heterocycles. The summed E-state index contributed by atoms with van der Waals surface area (Å²) in [5.74, 6) is 1.33. The fraction of sp³-hybridized carbons (Fsp3) is 0.294. The van der Waals surface area contributed by atoms with Crippen molar-refractivity contribution in [1.29, 1.82) is 0 Å². The Morgan fingerprint density at radius 2 is 2.13 bits per heavy atom. The zero-order chi connectivity index (χ0) is 15.8. The zero-order valence-corrected chi connectivity index (χ0v) is 15.8. The first-order chi connectivity index (χ1) is 10.7. The predicted molar refractivity (Wildman–Crippen MR) is 104 cm³/mol. The van der Waals surface area contributed by atoms with Crippen molar-refractivity contribution in [2.45, 2.75) is 19.9 Å². The van der Waals surface area contributed by atoms with Gasteiger partial charge in [0, 0.05) is 24.9 Å². The van der Waals surface area contributed by atoms with Crippen LogP contribution in [0.25, 0.3) is 0 Å². The lowest BCUT2D eigenvalue weighted by Gasteiger charge is -2.07. The Kier molecular flexibility index (Phi) is 8.39. The summed E-state index contributed by atoms with van der Waals surface area (Å²) in [4.78, 5) is 8.61. The van der Waals surface area contributed by atoms with E-state index in [1.807, 2.05) is 37.3 Å². The summed E-state index contributed by atoms with van der Waals surface area (Å²) in [6.07, 6.45) is 2.61. The Morgan fingerprint density at radius 3 is 2.78 bits per heavy atom. The number of pyridine rings is 1. The van der Waals surface area contributed by atoms with Crippen LogP contribution in [0.5, 0.6) is 5.75 Å². The number of rotatable bonds is 6. The monoisotopic (exact) mass is 426 g/mol. The number of benzene rings is 1. The molecule has 6 heteroatoms. The summed E-state index contributed by atoms with van der Waals surface area (Å²) in [6, 6.07) is 11.9. The highest BCUT2D eigenvalue weighted by Gasteiger charge is 2.00. The molecule has 0 unspecified atom stereocenters. The summed E-state index contributed by atoms with van der Waals surface area (Å²) in [5.41, 5.74) is 9.11. The van der Waals surface area contributed by atoms with Crippen molar-refractivity contribution in [3.63, 3.8) is 0 Å². The van der Waals surface area contributed by atoms with Gasteiger partial charge in [0.25, 0.3) is 0 Å². The molecule has 2 rings (SSSR count). The molecule has 23 heavy (non-hydrogen) atoms. The van der Waals surface area contributed by atoms with E-state index in [4.69, 9.17) is 10.5 Å². The number of guanidine groups is 1. The van der Waals surface area contributed by atoms with Gasteiger partial charge in [-0.15, -0.1) is 24.0 Å². The van der Waals surface area contributed by atoms with E-state index in [2.05, 4.69) is 21.4 Å². The number of aliphatic imine (C=N–C) groups is 1. The minimum absolute atomic E-state index is 0. The molecule has 1 aromatic carbocycles. The molecule has 0 atom stereocenters. The first-order valence-corrected chi connectivity index (χ1v) is 7.26. The number of halogens is 1. The molecule has 0 amide bonds. The zero-order valence-electron chi connectivity index (χ0n) is 13.5. The summed E-state index contributed by atoms with van der Waals surface area (Å²) in [5, 5.41) is 3.10. The third-order valence-corrected chi connectivity index (χ3v) is 3.30. The predicted octanol–water partition coefficient (Wildman–Crippen LogP) is 2.66. The van der Waals surface area contributed by atoms with Gasteiger partial charge >= 0.3 is 0 Å². The lowest BCUT2D eigenvalue weighted by Crippen LogP contribution is -2.33. The maximum Gasteiger partial charge on any atom is 0.188 e. The van der Waals surface area contributed by atoms with Crippen LogP contribution in [0.15, 0.2) is 47.6 Å². The lowest BCUT2D eigenvalue weighted by molar-refractivity contribution is 0.411. The molecule has 0 spiro atoms. The van der Waals surface area contributed by atoms with Gasteiger partial charge in [-0.25, -0.2) is 4.99 Å². The molecule has 0 aliphatic rings. The van der Waals surface area contributed by atoms with Crippen LogP contribution in [0.4, 0.5) is 0 Å². The number of ether oxygens (including phenoxy) is 1. The van der Waals surface area contributed by atoms with E-state index in [1.54, 1.807) is 13.3 Å². The molecule has 1 aromatic heterocycles. The van der Waals surface area contributed by atoms with Gasteiger partial charge in [-0.2, -0.15) is 0 Å². The number of nitrogens with two attached hydrogens (primary N) is 1. The van der Waals surface area contributed by atoms with E-state index < -0.39 is 0 Å². The smallest absolute Gasteiger partial charge is 0.188 e. The highest BCUT2D eigenvalue weighted by Crippen LogP contribution is 2.18. The number of aromatic nitrogens is 1. The van der Waals surface area contributed by atoms with Crippen LogP contribution in [0, 0.1) is 6.92 Å². The van der Waals surface area contributed by atoms with Crippen molar-refractivity contribution < 1.29 is 4.74 Å². The topological polar surface area (TPSA) is 72.5 Å². The van der Waals surface area contributed by atoms with Gasteiger partial charge in [0.1, 0.15) is 5.75 Å². The Balaban J connectivity index is 0.00000264. The van der Waals surface area contributed by atoms with Crippen molar-refractivity contribution in [2.24, 2.45) is 10.7 Å². The van der Waals surface area contributed by atoms with Gasteiger partial charge in [0.05, 0.1) is 13.7 Å². The van der Waals surface area contributed by atoms with Crippen LogP contribution in [0.2, 0.25) is 0 Å². The van der Waals surface area contributed by atoms with E-state index in [-0.39, 0.29) is 24.0 Å². The number of hydrogen-bond donors (Lipinski definition) is 2. The van der Waals surface area contributed by atoms with Crippen LogP contribution in [-0.4, -0.2) is 24.6 Å². The molecule has 124 valence electrons. The maximum atomic E-state index is 5.87. The first-order valence-electron chi connectivity index (χ1n) is 7.26. The number of aryl methyl sites for hydroxylation is 1. The van der Waals surface area contributed by atoms with Crippen LogP contribution in [0.1, 0.15) is 16.8 Å². The molecule has 0 aliphatic carbocycles. The van der Waals surface area contributed by atoms with Crippen molar-refractivity contribution in [2.75, 3.05) is 13.7 Å². The fourth-order valence-electron chi connectivity index (χ4n) is 2.14. The van der Waals surface area contributed by atoms with Crippen molar-refractivity contribution in [3.05, 3.63) is 59.4 Å². The van der Waals surface area contributed by atoms with Crippen molar-refractivity contribution >= 4 is 29.9 Å². The Morgan fingerprint density at radius 1 is 1.30 bits per heavy atom. The SMILES string of the molecule is COc1ccc(CN=C(N)NCCc2ccccn2)cc1C.I. The molecule has 0 bridgehead atoms. The minimum Gasteiger partial charge on any atom is -0.496 e. The minimum atomic E-state index is 0. The van der Waals surface area contributed by atoms with Crippen LogP contribution < -0.4 is 15.8 Å². The van der Waals surface area contributed by atoms with E-state index >= 15 is 0 Å². The molecule has 3 N–H and O–H groups in total. The van der Waals surface area contributed by atoms with Gasteiger partial charge in [0.2, 0.25) is 0 Å². The van der Waals surface area contributed by atoms with Gasteiger partial charge in [-0.1, -0.05) is 18.2 Å². The fourth-order valence-corrected chi connectivity index (χ4v) is 2.14. The molecule has 0 saturated carbocycles. The summed E-state index contributed by atoms with van der Waals surface area (Å²) < 4.78 is 5.24. The maximum absolute atomic E-state index is 5.87. The second-order valence-corrected chi connectivity index (χ2v) is 5.00. The number of hydrogen-bond acceptors (Lipinski definition) is 3. The second-order valence-electron chi connectivity index (χ2n) is 5.00. The summed E-state index contributed by atoms with van der Waals surface area (Å²) in [6.45, 7) is 3.28. The molecular weight excluding hydrogens is 403 g/mol. The number of nitrogens with zero attached hydrogens (tertiary/aromatic N) is 2. The van der Waals surface area contributed by atoms with Crippen molar-refractivity contribution in [3.8, 4) is 5.75 Å². The Bertz CT molecular complexity index is 632. The Labute approximate surface area is 154 Å². The molecular formula is C17H23IN4O. The van der Waals surface area contributed by atoms with Crippen LogP contribution in [0.3, 0.4) is 0 Å². The first kappa shape index (κ1) is 19.2. The van der Waals surface area contributed by atoms with Gasteiger partial charge in [0.15, 0.2) is 5.96 Å². The lowest BCUT2D eigenvalue weighted by atomic mass is 10.1. The van der Waals surface area contributed by atoms with E-state index in [9.17, 15) is 0 Å². The summed E-state index contributed by atoms with van der Waals surface area (Å²) in [7, 11) is 1.67. The Hall–Kier alpha value is -1.83. The summed E-state index contributed by atoms with van der Waals surface area (Å²) >= 11 is 0. The molecule has 0 saturated heterocycles. The standard InChI is InChI=1S/C17H22N4O.HI/c1-13-11-14(6-7-16(13)22-2)12-21-17(18)20-10-8-15-5-3-4-9-19-15;/h3-7,9,11H,8,10,12H2,1-2H3,(H3,18,20,21);1H. The third-order valence-electron chi connectivity index (χ3n) is 3.30. The third kappa shape index (κ3) is 6.43. The van der Waals surface area contributed by atoms with Gasteiger partial charge < -0.3 is 15.8 Å². The number of methoxy groups -OCH3 is 1. The quantitative estimate of drug-likeness (QED) is 0.423. The highest BCUT2D eigenvalue weighted by molar-refractivity contribution is 14.0. The van der Waals surface area contributed by atoms with E-state index in [0.29, 0.717) is 19.0 Å². The average molecular weight is 426 g/mol. The molecule has 2 aromatic rings. The second kappa shape index (κ2) is 10.0. The molecule has 5 nitrogen and oxygen atoms in total.